The van der Waals surface area contributed by atoms with E-state index in [4.69, 9.17) is 11.6 Å². The summed E-state index contributed by atoms with van der Waals surface area (Å²) in [4.78, 5) is 10.5. The van der Waals surface area contributed by atoms with E-state index in [0.717, 1.165) is 6.07 Å². The van der Waals surface area contributed by atoms with Crippen molar-refractivity contribution in [3.8, 4) is 0 Å². The molecule has 1 nitrogen and oxygen atoms in total. The molecule has 0 bridgehead atoms. The largest absolute Gasteiger partial charge is 0.369 e. The molecule has 1 aromatic rings. The van der Waals surface area contributed by atoms with E-state index in [1.807, 2.05) is 0 Å². The SMILES string of the molecule is Cc1cc(C(=O)C(F)(F)C(F)F)sc1Cl. The van der Waals surface area contributed by atoms with Crippen LogP contribution in [0.3, 0.4) is 0 Å². The molecule has 0 saturated heterocycles. The van der Waals surface area contributed by atoms with Gasteiger partial charge in [0, 0.05) is 0 Å². The van der Waals surface area contributed by atoms with Crippen LogP contribution in [0.15, 0.2) is 6.07 Å². The third kappa shape index (κ3) is 2.31. The standard InChI is InChI=1S/C8H5ClF4OS/c1-3-2-4(15-6(3)9)5(14)8(12,13)7(10)11/h2,7H,1H3. The van der Waals surface area contributed by atoms with Crippen LogP contribution in [0.4, 0.5) is 17.6 Å². The molecule has 0 spiro atoms. The van der Waals surface area contributed by atoms with Crippen LogP contribution in [-0.4, -0.2) is 18.1 Å². The van der Waals surface area contributed by atoms with E-state index in [0.29, 0.717) is 16.9 Å². The van der Waals surface area contributed by atoms with Crippen molar-refractivity contribution < 1.29 is 22.4 Å². The molecule has 0 saturated carbocycles. The Morgan fingerprint density at radius 1 is 1.53 bits per heavy atom. The minimum Gasteiger partial charge on any atom is -0.286 e. The maximum atomic E-state index is 12.6. The first-order chi connectivity index (χ1) is 6.76. The van der Waals surface area contributed by atoms with Crippen LogP contribution < -0.4 is 0 Å². The van der Waals surface area contributed by atoms with Crippen molar-refractivity contribution in [3.05, 3.63) is 20.8 Å². The first kappa shape index (κ1) is 12.4. The van der Waals surface area contributed by atoms with Gasteiger partial charge in [-0.25, -0.2) is 8.78 Å². The highest BCUT2D eigenvalue weighted by Crippen LogP contribution is 2.33. The smallest absolute Gasteiger partial charge is 0.286 e. The average Bonchev–Trinajstić information content (AvgIpc) is 2.45. The Balaban J connectivity index is 3.05. The molecule has 0 radical (unpaired) electrons. The second kappa shape index (κ2) is 4.09. The normalized spacial score (nSPS) is 12.2. The van der Waals surface area contributed by atoms with Crippen LogP contribution in [0.5, 0.6) is 0 Å². The van der Waals surface area contributed by atoms with Crippen molar-refractivity contribution >= 4 is 28.7 Å². The summed E-state index contributed by atoms with van der Waals surface area (Å²) >= 11 is 6.11. The van der Waals surface area contributed by atoms with Crippen molar-refractivity contribution in [2.75, 3.05) is 0 Å². The summed E-state index contributed by atoms with van der Waals surface area (Å²) in [6.07, 6.45) is -4.01. The van der Waals surface area contributed by atoms with Crippen LogP contribution in [0.1, 0.15) is 15.2 Å². The van der Waals surface area contributed by atoms with Gasteiger partial charge in [0.25, 0.3) is 0 Å². The highest BCUT2D eigenvalue weighted by atomic mass is 35.5. The number of halogens is 5. The third-order valence-electron chi connectivity index (χ3n) is 1.66. The van der Waals surface area contributed by atoms with Gasteiger partial charge < -0.3 is 0 Å². The lowest BCUT2D eigenvalue weighted by atomic mass is 10.2. The number of carbonyl (C=O) groups excluding carboxylic acids is 1. The Labute approximate surface area is 91.7 Å². The summed E-state index contributed by atoms with van der Waals surface area (Å²) in [5.41, 5.74) is 0.412. The fraction of sp³-hybridized carbons (Fsp3) is 0.375. The highest BCUT2D eigenvalue weighted by molar-refractivity contribution is 7.18. The monoisotopic (exact) mass is 260 g/mol. The van der Waals surface area contributed by atoms with Crippen molar-refractivity contribution in [1.29, 1.82) is 0 Å². The molecule has 1 heterocycles. The molecule has 0 aliphatic heterocycles. The minimum atomic E-state index is -4.65. The highest BCUT2D eigenvalue weighted by Gasteiger charge is 2.49. The fourth-order valence-corrected chi connectivity index (χ4v) is 2.02. The Kier molecular flexibility index (Phi) is 3.40. The minimum absolute atomic E-state index is 0.142. The predicted octanol–water partition coefficient (Wildman–Crippen LogP) is 3.79. The van der Waals surface area contributed by atoms with Gasteiger partial charge in [-0.2, -0.15) is 8.78 Å². The molecule has 0 N–H and O–H groups in total. The molecule has 0 unspecified atom stereocenters. The Hall–Kier alpha value is -0.620. The van der Waals surface area contributed by atoms with Gasteiger partial charge >= 0.3 is 12.3 Å². The second-order valence-corrected chi connectivity index (χ2v) is 4.47. The van der Waals surface area contributed by atoms with Crippen LogP contribution in [-0.2, 0) is 0 Å². The maximum absolute atomic E-state index is 12.6. The first-order valence-electron chi connectivity index (χ1n) is 3.73. The lowest BCUT2D eigenvalue weighted by Crippen LogP contribution is -2.36. The van der Waals surface area contributed by atoms with Gasteiger partial charge in [-0.3, -0.25) is 4.79 Å². The molecule has 0 aliphatic carbocycles. The van der Waals surface area contributed by atoms with Crippen LogP contribution in [0.2, 0.25) is 4.34 Å². The van der Waals surface area contributed by atoms with Crippen molar-refractivity contribution in [3.63, 3.8) is 0 Å². The third-order valence-corrected chi connectivity index (χ3v) is 3.21. The van der Waals surface area contributed by atoms with Crippen molar-refractivity contribution in [2.24, 2.45) is 0 Å². The fourth-order valence-electron chi connectivity index (χ4n) is 0.835. The van der Waals surface area contributed by atoms with Gasteiger partial charge in [-0.15, -0.1) is 11.3 Å². The zero-order valence-electron chi connectivity index (χ0n) is 7.36. The lowest BCUT2D eigenvalue weighted by molar-refractivity contribution is -0.0956. The molecule has 7 heteroatoms. The predicted molar refractivity (Wildman–Crippen MR) is 49.3 cm³/mol. The Bertz CT molecular complexity index is 368. The van der Waals surface area contributed by atoms with Gasteiger partial charge in [-0.1, -0.05) is 11.6 Å². The summed E-state index contributed by atoms with van der Waals surface area (Å²) in [5.74, 6) is -6.54. The van der Waals surface area contributed by atoms with Gasteiger partial charge in [-0.05, 0) is 18.6 Å². The molecule has 0 atom stereocenters. The van der Waals surface area contributed by atoms with Gasteiger partial charge in [0.1, 0.15) is 0 Å². The second-order valence-electron chi connectivity index (χ2n) is 2.82. The van der Waals surface area contributed by atoms with E-state index in [1.165, 1.54) is 6.92 Å². The molecule has 15 heavy (non-hydrogen) atoms. The number of aryl methyl sites for hydroxylation is 1. The number of carbonyl (C=O) groups is 1. The molecule has 0 aliphatic rings. The number of hydrogen-bond donors (Lipinski definition) is 0. The molecular weight excluding hydrogens is 256 g/mol. The Morgan fingerprint density at radius 2 is 2.07 bits per heavy atom. The first-order valence-corrected chi connectivity index (χ1v) is 4.93. The van der Waals surface area contributed by atoms with Crippen LogP contribution in [0.25, 0.3) is 0 Å². The number of ketones is 1. The molecule has 0 aromatic carbocycles. The number of thiophene rings is 1. The molecule has 84 valence electrons. The summed E-state index contributed by atoms with van der Waals surface area (Å²) in [6.45, 7) is 1.50. The van der Waals surface area contributed by atoms with E-state index in [9.17, 15) is 22.4 Å². The Morgan fingerprint density at radius 3 is 2.40 bits per heavy atom. The zero-order valence-corrected chi connectivity index (χ0v) is 8.93. The van der Waals surface area contributed by atoms with E-state index in [2.05, 4.69) is 0 Å². The lowest BCUT2D eigenvalue weighted by Gasteiger charge is -2.11. The van der Waals surface area contributed by atoms with E-state index >= 15 is 0 Å². The van der Waals surface area contributed by atoms with Gasteiger partial charge in [0.15, 0.2) is 0 Å². The molecule has 0 fully saturated rings. The number of rotatable bonds is 3. The topological polar surface area (TPSA) is 17.1 Å². The van der Waals surface area contributed by atoms with Gasteiger partial charge in [0.05, 0.1) is 9.21 Å². The summed E-state index contributed by atoms with van der Waals surface area (Å²) in [7, 11) is 0. The zero-order chi connectivity index (χ0) is 11.8. The van der Waals surface area contributed by atoms with E-state index in [-0.39, 0.29) is 4.34 Å². The molecular formula is C8H5ClF4OS. The van der Waals surface area contributed by atoms with E-state index in [1.54, 1.807) is 0 Å². The number of alkyl halides is 4. The van der Waals surface area contributed by atoms with Crippen LogP contribution >= 0.6 is 22.9 Å². The van der Waals surface area contributed by atoms with E-state index < -0.39 is 23.0 Å². The number of Topliss-reactive ketones (excluding diaryl/α,β-unsaturated/α-hetero) is 1. The molecule has 0 amide bonds. The molecule has 1 aromatic heterocycles. The van der Waals surface area contributed by atoms with Crippen molar-refractivity contribution in [1.82, 2.24) is 0 Å². The number of hydrogen-bond acceptors (Lipinski definition) is 2. The molecule has 1 rings (SSSR count). The summed E-state index contributed by atoms with van der Waals surface area (Å²) < 4.78 is 49.1. The summed E-state index contributed by atoms with van der Waals surface area (Å²) in [6, 6.07) is 1.08. The van der Waals surface area contributed by atoms with Crippen LogP contribution in [0, 0.1) is 6.92 Å². The van der Waals surface area contributed by atoms with Crippen molar-refractivity contribution in [2.45, 2.75) is 19.3 Å². The quantitative estimate of drug-likeness (QED) is 0.597. The maximum Gasteiger partial charge on any atom is 0.369 e. The average molecular weight is 261 g/mol. The summed E-state index contributed by atoms with van der Waals surface area (Å²) in [5, 5.41) is 0. The van der Waals surface area contributed by atoms with Gasteiger partial charge in [0.2, 0.25) is 5.78 Å².